The minimum atomic E-state index is -3.05. The van der Waals surface area contributed by atoms with Crippen molar-refractivity contribution in [3.8, 4) is 0 Å². The lowest BCUT2D eigenvalue weighted by molar-refractivity contribution is -0.121. The van der Waals surface area contributed by atoms with E-state index in [1.807, 2.05) is 0 Å². The minimum Gasteiger partial charge on any atom is -0.397 e. The Balaban J connectivity index is 2.18. The lowest BCUT2D eigenvalue weighted by Crippen LogP contribution is -2.33. The molecular formula is C12H16N2O3S. The third-order valence-corrected chi connectivity index (χ3v) is 4.98. The Hall–Kier alpha value is -1.56. The topological polar surface area (TPSA) is 80.5 Å². The van der Waals surface area contributed by atoms with E-state index in [1.165, 1.54) is 4.90 Å². The number of hydrogen-bond donors (Lipinski definition) is 1. The van der Waals surface area contributed by atoms with E-state index < -0.39 is 15.8 Å². The van der Waals surface area contributed by atoms with Gasteiger partial charge >= 0.3 is 0 Å². The molecule has 2 N–H and O–H groups in total. The number of sulfone groups is 1. The van der Waals surface area contributed by atoms with E-state index >= 15 is 0 Å². The van der Waals surface area contributed by atoms with E-state index in [9.17, 15) is 13.2 Å². The van der Waals surface area contributed by atoms with Crippen LogP contribution < -0.4 is 10.6 Å². The van der Waals surface area contributed by atoms with Crippen LogP contribution in [-0.2, 0) is 14.6 Å². The highest BCUT2D eigenvalue weighted by Gasteiger charge is 2.35. The van der Waals surface area contributed by atoms with Crippen LogP contribution in [0.3, 0.4) is 0 Å². The van der Waals surface area contributed by atoms with Crippen LogP contribution in [0.1, 0.15) is 6.42 Å². The van der Waals surface area contributed by atoms with Gasteiger partial charge in [0.2, 0.25) is 5.91 Å². The van der Waals surface area contributed by atoms with Crippen LogP contribution in [0.15, 0.2) is 24.3 Å². The van der Waals surface area contributed by atoms with E-state index in [-0.39, 0.29) is 17.4 Å². The maximum absolute atomic E-state index is 12.2. The lowest BCUT2D eigenvalue weighted by Gasteiger charge is -2.21. The Morgan fingerprint density at radius 3 is 2.61 bits per heavy atom. The Bertz CT molecular complexity index is 568. The molecule has 5 nitrogen and oxygen atoms in total. The van der Waals surface area contributed by atoms with Gasteiger partial charge in [-0.25, -0.2) is 8.42 Å². The summed E-state index contributed by atoms with van der Waals surface area (Å²) in [5, 5.41) is 0. The summed E-state index contributed by atoms with van der Waals surface area (Å²) in [6.45, 7) is 0. The quantitative estimate of drug-likeness (QED) is 0.799. The second-order valence-electron chi connectivity index (χ2n) is 4.56. The molecule has 1 aromatic carbocycles. The molecule has 1 aliphatic rings. The van der Waals surface area contributed by atoms with Crippen LogP contribution in [0.5, 0.6) is 0 Å². The molecule has 0 radical (unpaired) electrons. The number of anilines is 2. The Morgan fingerprint density at radius 1 is 1.39 bits per heavy atom. The molecule has 1 fully saturated rings. The number of carbonyl (C=O) groups excluding carboxylic acids is 1. The van der Waals surface area contributed by atoms with Crippen LogP contribution in [0.25, 0.3) is 0 Å². The summed E-state index contributed by atoms with van der Waals surface area (Å²) >= 11 is 0. The van der Waals surface area contributed by atoms with Crippen molar-refractivity contribution in [3.05, 3.63) is 24.3 Å². The summed E-state index contributed by atoms with van der Waals surface area (Å²) in [7, 11) is -1.42. The average molecular weight is 268 g/mol. The van der Waals surface area contributed by atoms with Gasteiger partial charge in [-0.15, -0.1) is 0 Å². The van der Waals surface area contributed by atoms with Crippen molar-refractivity contribution in [3.63, 3.8) is 0 Å². The normalized spacial score (nSPS) is 21.7. The first kappa shape index (κ1) is 12.9. The maximum Gasteiger partial charge on any atom is 0.230 e. The first-order valence-electron chi connectivity index (χ1n) is 5.73. The Morgan fingerprint density at radius 2 is 2.06 bits per heavy atom. The number of nitrogens with zero attached hydrogens (tertiary/aromatic N) is 1. The number of benzene rings is 1. The summed E-state index contributed by atoms with van der Waals surface area (Å²) in [6, 6.07) is 7.04. The first-order valence-corrected chi connectivity index (χ1v) is 7.55. The highest BCUT2D eigenvalue weighted by atomic mass is 32.2. The largest absolute Gasteiger partial charge is 0.397 e. The van der Waals surface area contributed by atoms with Crippen molar-refractivity contribution < 1.29 is 13.2 Å². The van der Waals surface area contributed by atoms with Gasteiger partial charge in [0, 0.05) is 7.05 Å². The summed E-state index contributed by atoms with van der Waals surface area (Å²) in [5.74, 6) is -0.585. The fourth-order valence-electron chi connectivity index (χ4n) is 2.18. The van der Waals surface area contributed by atoms with Crippen molar-refractivity contribution in [2.45, 2.75) is 6.42 Å². The second kappa shape index (κ2) is 4.61. The molecule has 1 saturated heterocycles. The molecular weight excluding hydrogens is 252 g/mol. The van der Waals surface area contributed by atoms with Crippen molar-refractivity contribution in [1.82, 2.24) is 0 Å². The van der Waals surface area contributed by atoms with Crippen molar-refractivity contribution in [2.24, 2.45) is 5.92 Å². The van der Waals surface area contributed by atoms with Gasteiger partial charge in [0.25, 0.3) is 0 Å². The van der Waals surface area contributed by atoms with Gasteiger partial charge in [0.1, 0.15) is 0 Å². The lowest BCUT2D eigenvalue weighted by atomic mass is 10.1. The summed E-state index contributed by atoms with van der Waals surface area (Å²) in [4.78, 5) is 13.6. The number of rotatable bonds is 2. The summed E-state index contributed by atoms with van der Waals surface area (Å²) in [5.41, 5.74) is 6.93. The fraction of sp³-hybridized carbons (Fsp3) is 0.417. The average Bonchev–Trinajstić information content (AvgIpc) is 2.68. The minimum absolute atomic E-state index is 0.0527. The van der Waals surface area contributed by atoms with E-state index in [2.05, 4.69) is 0 Å². The van der Waals surface area contributed by atoms with Gasteiger partial charge in [-0.05, 0) is 18.6 Å². The molecule has 1 aromatic rings. The number of nitrogen functional groups attached to an aromatic ring is 1. The molecule has 1 heterocycles. The zero-order valence-corrected chi connectivity index (χ0v) is 11.0. The number of amides is 1. The third kappa shape index (κ3) is 2.48. The molecule has 1 unspecified atom stereocenters. The van der Waals surface area contributed by atoms with Crippen LogP contribution >= 0.6 is 0 Å². The summed E-state index contributed by atoms with van der Waals surface area (Å²) < 4.78 is 22.8. The van der Waals surface area contributed by atoms with E-state index in [0.29, 0.717) is 17.8 Å². The zero-order valence-electron chi connectivity index (χ0n) is 10.2. The van der Waals surface area contributed by atoms with Crippen LogP contribution in [0.2, 0.25) is 0 Å². The predicted molar refractivity (Wildman–Crippen MR) is 71.0 cm³/mol. The van der Waals surface area contributed by atoms with Gasteiger partial charge in [-0.2, -0.15) is 0 Å². The van der Waals surface area contributed by atoms with E-state index in [0.717, 1.165) is 0 Å². The number of para-hydroxylation sites is 2. The first-order chi connectivity index (χ1) is 8.41. The number of hydrogen-bond acceptors (Lipinski definition) is 4. The molecule has 1 amide bonds. The van der Waals surface area contributed by atoms with Crippen molar-refractivity contribution >= 4 is 27.1 Å². The fourth-order valence-corrected chi connectivity index (χ4v) is 3.91. The van der Waals surface area contributed by atoms with Crippen molar-refractivity contribution in [1.29, 1.82) is 0 Å². The highest BCUT2D eigenvalue weighted by molar-refractivity contribution is 7.91. The van der Waals surface area contributed by atoms with Gasteiger partial charge in [0.15, 0.2) is 9.84 Å². The number of nitrogens with two attached hydrogens (primary N) is 1. The highest BCUT2D eigenvalue weighted by Crippen LogP contribution is 2.26. The molecule has 2 rings (SSSR count). The summed E-state index contributed by atoms with van der Waals surface area (Å²) in [6.07, 6.45) is 0.401. The molecule has 0 bridgehead atoms. The van der Waals surface area contributed by atoms with Gasteiger partial charge in [-0.3, -0.25) is 4.79 Å². The standard InChI is InChI=1S/C12H16N2O3S/c1-14(11-5-3-2-4-10(11)13)12(15)9-6-7-18(16,17)8-9/h2-5,9H,6-8,13H2,1H3. The van der Waals surface area contributed by atoms with Crippen LogP contribution in [-0.4, -0.2) is 32.9 Å². The molecule has 0 aromatic heterocycles. The Labute approximate surface area is 107 Å². The van der Waals surface area contributed by atoms with Crippen LogP contribution in [0.4, 0.5) is 11.4 Å². The van der Waals surface area contributed by atoms with Gasteiger partial charge in [0.05, 0.1) is 28.8 Å². The molecule has 18 heavy (non-hydrogen) atoms. The Kier molecular flexibility index (Phi) is 3.30. The smallest absolute Gasteiger partial charge is 0.230 e. The third-order valence-electron chi connectivity index (χ3n) is 3.21. The number of carbonyl (C=O) groups is 1. The van der Waals surface area contributed by atoms with Crippen LogP contribution in [0, 0.1) is 5.92 Å². The van der Waals surface area contributed by atoms with Gasteiger partial charge < -0.3 is 10.6 Å². The van der Waals surface area contributed by atoms with Crippen molar-refractivity contribution in [2.75, 3.05) is 29.2 Å². The van der Waals surface area contributed by atoms with E-state index in [1.54, 1.807) is 31.3 Å². The molecule has 1 aliphatic heterocycles. The van der Waals surface area contributed by atoms with Gasteiger partial charge in [-0.1, -0.05) is 12.1 Å². The predicted octanol–water partition coefficient (Wildman–Crippen LogP) is 0.666. The maximum atomic E-state index is 12.2. The SMILES string of the molecule is CN(C(=O)C1CCS(=O)(=O)C1)c1ccccc1N. The molecule has 0 saturated carbocycles. The molecule has 0 spiro atoms. The molecule has 6 heteroatoms. The molecule has 0 aliphatic carbocycles. The van der Waals surface area contributed by atoms with E-state index in [4.69, 9.17) is 5.73 Å². The molecule has 1 atom stereocenters. The molecule has 98 valence electrons. The monoisotopic (exact) mass is 268 g/mol. The zero-order chi connectivity index (χ0) is 13.3. The second-order valence-corrected chi connectivity index (χ2v) is 6.78.